The zero-order valence-electron chi connectivity index (χ0n) is 26.0. The van der Waals surface area contributed by atoms with Gasteiger partial charge in [-0.2, -0.15) is 11.8 Å². The first-order valence-corrected chi connectivity index (χ1v) is 17.2. The lowest BCUT2D eigenvalue weighted by molar-refractivity contribution is -0.142. The number of anilines is 1. The van der Waals surface area contributed by atoms with Crippen molar-refractivity contribution in [2.45, 2.75) is 63.1 Å². The van der Waals surface area contributed by atoms with Crippen LogP contribution in [0.25, 0.3) is 0 Å². The molecule has 2 unspecified atom stereocenters. The van der Waals surface area contributed by atoms with Crippen molar-refractivity contribution >= 4 is 51.1 Å². The molecule has 0 aromatic heterocycles. The minimum absolute atomic E-state index is 0.171. The van der Waals surface area contributed by atoms with Crippen LogP contribution < -0.4 is 9.62 Å². The summed E-state index contributed by atoms with van der Waals surface area (Å²) in [7, 11) is -3.27. The summed E-state index contributed by atoms with van der Waals surface area (Å²) >= 11 is 7.29. The molecule has 0 spiro atoms. The van der Waals surface area contributed by atoms with Crippen molar-refractivity contribution in [3.63, 3.8) is 0 Å². The van der Waals surface area contributed by atoms with E-state index in [1.165, 1.54) is 68.3 Å². The van der Waals surface area contributed by atoms with Crippen LogP contribution in [-0.4, -0.2) is 50.7 Å². The molecule has 3 aromatic carbocycles. The Balaban J connectivity index is 1.84. The number of amides is 1. The quantitative estimate of drug-likeness (QED) is 0.146. The van der Waals surface area contributed by atoms with E-state index in [4.69, 9.17) is 21.1 Å². The summed E-state index contributed by atoms with van der Waals surface area (Å²) in [6.07, 6.45) is -0.0191. The van der Waals surface area contributed by atoms with Crippen LogP contribution in [0.1, 0.15) is 51.3 Å². The summed E-state index contributed by atoms with van der Waals surface area (Å²) in [6, 6.07) is 9.56. The largest absolute Gasteiger partial charge is 0.467 e. The lowest BCUT2D eigenvalue weighted by atomic mass is 9.97. The lowest BCUT2D eigenvalue weighted by Gasteiger charge is -2.32. The van der Waals surface area contributed by atoms with Crippen molar-refractivity contribution in [1.29, 1.82) is 0 Å². The van der Waals surface area contributed by atoms with Gasteiger partial charge in [-0.25, -0.2) is 31.2 Å². The molecule has 0 aliphatic heterocycles. The zero-order chi connectivity index (χ0) is 34.2. The molecule has 0 heterocycles. The molecular weight excluding hydrogens is 665 g/mol. The second-order valence-electron chi connectivity index (χ2n) is 11.3. The highest BCUT2D eigenvalue weighted by Gasteiger charge is 2.34. The summed E-state index contributed by atoms with van der Waals surface area (Å²) in [5.74, 6) is -2.38. The molecule has 14 heteroatoms. The molecule has 0 fully saturated rings. The number of aryl methyl sites for hydroxylation is 1. The molecule has 0 aliphatic rings. The van der Waals surface area contributed by atoms with Gasteiger partial charge in [0.25, 0.3) is 10.0 Å². The zero-order valence-corrected chi connectivity index (χ0v) is 28.4. The predicted octanol–water partition coefficient (Wildman–Crippen LogP) is 7.45. The Morgan fingerprint density at radius 3 is 2.26 bits per heavy atom. The Morgan fingerprint density at radius 2 is 1.63 bits per heavy atom. The van der Waals surface area contributed by atoms with Crippen molar-refractivity contribution < 1.29 is 40.7 Å². The fourth-order valence-corrected chi connectivity index (χ4v) is 7.30. The fraction of sp³-hybridized carbons (Fsp3) is 0.375. The van der Waals surface area contributed by atoms with E-state index in [2.05, 4.69) is 5.32 Å². The van der Waals surface area contributed by atoms with E-state index in [0.29, 0.717) is 23.3 Å². The first-order valence-electron chi connectivity index (χ1n) is 14.2. The van der Waals surface area contributed by atoms with Crippen molar-refractivity contribution in [2.75, 3.05) is 22.9 Å². The van der Waals surface area contributed by atoms with Gasteiger partial charge < -0.3 is 14.8 Å². The van der Waals surface area contributed by atoms with Gasteiger partial charge in [0, 0.05) is 16.8 Å². The van der Waals surface area contributed by atoms with E-state index < -0.39 is 62.9 Å². The number of rotatable bonds is 13. The number of carbonyl (C=O) groups is 2. The van der Waals surface area contributed by atoms with E-state index in [1.807, 2.05) is 0 Å². The molecule has 2 atom stereocenters. The topological polar surface area (TPSA) is 102 Å². The normalized spacial score (nSPS) is 13.1. The average molecular weight is 701 g/mol. The fourth-order valence-electron chi connectivity index (χ4n) is 4.57. The number of carbonyl (C=O) groups excluding carboxylic acids is 2. The molecule has 0 saturated carbocycles. The molecular formula is C32H36ClF3N2O6S2. The van der Waals surface area contributed by atoms with Gasteiger partial charge in [0.15, 0.2) is 0 Å². The van der Waals surface area contributed by atoms with E-state index in [-0.39, 0.29) is 22.1 Å². The first kappa shape index (κ1) is 37.0. The number of hydrogen-bond donors (Lipinski definition) is 1. The minimum Gasteiger partial charge on any atom is -0.467 e. The number of thioether (sulfide) groups is 1. The van der Waals surface area contributed by atoms with Gasteiger partial charge in [-0.15, -0.1) is 0 Å². The Labute approximate surface area is 276 Å². The molecule has 0 aliphatic carbocycles. The molecule has 1 amide bonds. The maximum Gasteiger partial charge on any atom is 0.408 e. The third-order valence-corrected chi connectivity index (χ3v) is 9.92. The smallest absolute Gasteiger partial charge is 0.408 e. The summed E-state index contributed by atoms with van der Waals surface area (Å²) in [4.78, 5) is 24.2. The van der Waals surface area contributed by atoms with Crippen molar-refractivity contribution in [3.8, 4) is 0 Å². The number of nitrogens with one attached hydrogen (secondary N) is 1. The van der Waals surface area contributed by atoms with E-state index in [0.717, 1.165) is 22.5 Å². The van der Waals surface area contributed by atoms with E-state index in [1.54, 1.807) is 20.8 Å². The number of alkyl carbamates (subject to hydrolysis) is 1. The maximum absolute atomic E-state index is 15.1. The number of nitrogens with zero attached hydrogens (tertiary/aromatic N) is 1. The summed E-state index contributed by atoms with van der Waals surface area (Å²) in [5, 5.41) is 2.78. The molecule has 3 aromatic rings. The maximum atomic E-state index is 15.1. The first-order chi connectivity index (χ1) is 21.5. The van der Waals surface area contributed by atoms with Crippen LogP contribution in [-0.2, 0) is 30.7 Å². The molecule has 1 N–H and O–H groups in total. The van der Waals surface area contributed by atoms with E-state index >= 15 is 4.39 Å². The van der Waals surface area contributed by atoms with Gasteiger partial charge in [0.2, 0.25) is 0 Å². The van der Waals surface area contributed by atoms with Gasteiger partial charge in [-0.05, 0) is 106 Å². The van der Waals surface area contributed by atoms with Crippen molar-refractivity contribution in [2.24, 2.45) is 0 Å². The molecule has 46 heavy (non-hydrogen) atoms. The van der Waals surface area contributed by atoms with Crippen LogP contribution in [0, 0.1) is 17.5 Å². The van der Waals surface area contributed by atoms with Crippen LogP contribution >= 0.6 is 23.4 Å². The third-order valence-electron chi connectivity index (χ3n) is 6.62. The summed E-state index contributed by atoms with van der Waals surface area (Å²) in [6.45, 7) is 6.58. The van der Waals surface area contributed by atoms with Crippen LogP contribution in [0.2, 0.25) is 5.02 Å². The molecule has 0 saturated heterocycles. The Kier molecular flexibility index (Phi) is 12.8. The number of ether oxygens (including phenoxy) is 2. The number of halogens is 4. The van der Waals surface area contributed by atoms with Crippen LogP contribution in [0.4, 0.5) is 23.7 Å². The average Bonchev–Trinajstić information content (AvgIpc) is 2.97. The second-order valence-corrected chi connectivity index (χ2v) is 14.7. The van der Waals surface area contributed by atoms with Gasteiger partial charge in [-0.3, -0.25) is 4.31 Å². The number of esters is 1. The van der Waals surface area contributed by atoms with Crippen molar-refractivity contribution in [1.82, 2.24) is 5.32 Å². The van der Waals surface area contributed by atoms with Gasteiger partial charge >= 0.3 is 12.1 Å². The Morgan fingerprint density at radius 1 is 1.00 bits per heavy atom. The molecule has 3 rings (SSSR count). The minimum atomic E-state index is -4.47. The lowest BCUT2D eigenvalue weighted by Crippen LogP contribution is -2.45. The van der Waals surface area contributed by atoms with Crippen molar-refractivity contribution in [3.05, 3.63) is 94.3 Å². The standard InChI is InChI=1S/C32H36ClF3N2O6S2/c1-20(38(29-18-24(35)11-15-27(29)36)46(41,42)25-12-8-22(33)9-13-25)26-14-10-23(34)17-21(26)7-6-16-45-19-28(30(39)43-5)37-31(40)44-32(2,3)4/h8-15,17-18,20,28H,6-7,16,19H2,1-5H3,(H,37,40). The van der Waals surface area contributed by atoms with Gasteiger partial charge in [0.1, 0.15) is 29.1 Å². The van der Waals surface area contributed by atoms with Gasteiger partial charge in [-0.1, -0.05) is 17.7 Å². The number of benzene rings is 3. The molecule has 250 valence electrons. The molecule has 0 bridgehead atoms. The van der Waals surface area contributed by atoms with E-state index in [9.17, 15) is 26.8 Å². The van der Waals surface area contributed by atoms with Gasteiger partial charge in [0.05, 0.1) is 23.7 Å². The molecule has 0 radical (unpaired) electrons. The highest BCUT2D eigenvalue weighted by atomic mass is 35.5. The monoisotopic (exact) mass is 700 g/mol. The van der Waals surface area contributed by atoms with Crippen LogP contribution in [0.15, 0.2) is 65.6 Å². The van der Waals surface area contributed by atoms with Crippen LogP contribution in [0.3, 0.4) is 0 Å². The number of methoxy groups -OCH3 is 1. The number of sulfonamides is 1. The Hall–Kier alpha value is -3.42. The third kappa shape index (κ3) is 10.0. The highest BCUT2D eigenvalue weighted by molar-refractivity contribution is 7.99. The SMILES string of the molecule is COC(=O)C(CSCCCc1cc(F)ccc1C(C)N(c1cc(F)ccc1F)S(=O)(=O)c1ccc(Cl)cc1)NC(=O)OC(C)(C)C. The van der Waals surface area contributed by atoms with Crippen LogP contribution in [0.5, 0.6) is 0 Å². The molecule has 8 nitrogen and oxygen atoms in total. The second kappa shape index (κ2) is 15.9. The summed E-state index contributed by atoms with van der Waals surface area (Å²) < 4.78 is 82.6. The predicted molar refractivity (Wildman–Crippen MR) is 173 cm³/mol. The number of hydrogen-bond acceptors (Lipinski definition) is 7. The Bertz CT molecular complexity index is 1640. The highest BCUT2D eigenvalue weighted by Crippen LogP contribution is 2.37. The summed E-state index contributed by atoms with van der Waals surface area (Å²) in [5.41, 5.74) is -0.439.